The van der Waals surface area contributed by atoms with Crippen molar-refractivity contribution in [2.75, 3.05) is 6.61 Å². The van der Waals surface area contributed by atoms with Gasteiger partial charge in [-0.25, -0.2) is 0 Å². The molecule has 1 nitrogen and oxygen atoms in total. The summed E-state index contributed by atoms with van der Waals surface area (Å²) in [6.45, 7) is 0.739. The van der Waals surface area contributed by atoms with E-state index in [1.807, 2.05) is 0 Å². The van der Waals surface area contributed by atoms with Crippen molar-refractivity contribution >= 4 is 0 Å². The first-order valence-corrected chi connectivity index (χ1v) is 2.83. The third-order valence-corrected chi connectivity index (χ3v) is 1.03. The highest BCUT2D eigenvalue weighted by Gasteiger charge is 2.29. The van der Waals surface area contributed by atoms with Gasteiger partial charge in [0.05, 0.1) is 0 Å². The number of alkyl halides is 3. The number of aliphatic hydroxyl groups is 1. The van der Waals surface area contributed by atoms with Gasteiger partial charge in [0.25, 0.3) is 0 Å². The third-order valence-electron chi connectivity index (χ3n) is 1.03. The normalized spacial score (nSPS) is 13.9. The highest BCUT2D eigenvalue weighted by molar-refractivity contribution is 5.04. The Labute approximate surface area is 57.2 Å². The number of halogens is 3. The van der Waals surface area contributed by atoms with Crippen molar-refractivity contribution in [3.05, 3.63) is 11.6 Å². The summed E-state index contributed by atoms with van der Waals surface area (Å²) in [6, 6.07) is 0. The van der Waals surface area contributed by atoms with E-state index in [0.717, 1.165) is 13.0 Å². The molecule has 0 aromatic rings. The van der Waals surface area contributed by atoms with Crippen LogP contribution in [-0.4, -0.2) is 17.9 Å². The highest BCUT2D eigenvalue weighted by Crippen LogP contribution is 2.24. The summed E-state index contributed by atoms with van der Waals surface area (Å²) in [6.07, 6.45) is -3.21. The number of allylic oxidation sites excluding steroid dienone is 1. The summed E-state index contributed by atoms with van der Waals surface area (Å²) in [5, 5.41) is 8.17. The van der Waals surface area contributed by atoms with Crippen LogP contribution in [0.4, 0.5) is 13.2 Å². The molecule has 0 unspecified atom stereocenters. The Morgan fingerprint density at radius 3 is 2.30 bits per heavy atom. The van der Waals surface area contributed by atoms with E-state index in [1.165, 1.54) is 0 Å². The third kappa shape index (κ3) is 3.50. The fourth-order valence-electron chi connectivity index (χ4n) is 0.397. The van der Waals surface area contributed by atoms with E-state index in [2.05, 4.69) is 0 Å². The minimum atomic E-state index is -4.24. The zero-order valence-electron chi connectivity index (χ0n) is 5.57. The van der Waals surface area contributed by atoms with Gasteiger partial charge in [-0.2, -0.15) is 13.2 Å². The highest BCUT2D eigenvalue weighted by atomic mass is 19.4. The van der Waals surface area contributed by atoms with Crippen molar-refractivity contribution in [3.63, 3.8) is 0 Å². The molecular formula is C6H9F3O. The molecule has 0 aliphatic heterocycles. The Balaban J connectivity index is 3.93. The largest absolute Gasteiger partial charge is 0.412 e. The SMILES string of the molecule is C/C(=C/CCO)C(F)(F)F. The Bertz CT molecular complexity index is 125. The average Bonchev–Trinajstić information content (AvgIpc) is 1.80. The predicted molar refractivity (Wildman–Crippen MR) is 31.5 cm³/mol. The van der Waals surface area contributed by atoms with Gasteiger partial charge in [-0.15, -0.1) is 0 Å². The zero-order valence-corrected chi connectivity index (χ0v) is 5.57. The van der Waals surface area contributed by atoms with Gasteiger partial charge >= 0.3 is 6.18 Å². The van der Waals surface area contributed by atoms with Crippen LogP contribution in [0.1, 0.15) is 13.3 Å². The molecule has 1 N–H and O–H groups in total. The van der Waals surface area contributed by atoms with Gasteiger partial charge < -0.3 is 5.11 Å². The van der Waals surface area contributed by atoms with Gasteiger partial charge in [-0.3, -0.25) is 0 Å². The Hall–Kier alpha value is -0.510. The summed E-state index contributed by atoms with van der Waals surface area (Å²) in [4.78, 5) is 0. The molecule has 4 heteroatoms. The van der Waals surface area contributed by atoms with Crippen LogP contribution in [0.2, 0.25) is 0 Å². The van der Waals surface area contributed by atoms with Crippen molar-refractivity contribution in [3.8, 4) is 0 Å². The summed E-state index contributed by atoms with van der Waals surface area (Å²) in [5.74, 6) is 0. The fraction of sp³-hybridized carbons (Fsp3) is 0.667. The Kier molecular flexibility index (Phi) is 3.42. The first-order valence-electron chi connectivity index (χ1n) is 2.83. The number of hydrogen-bond acceptors (Lipinski definition) is 1. The van der Waals surface area contributed by atoms with E-state index in [-0.39, 0.29) is 13.0 Å². The van der Waals surface area contributed by atoms with Crippen LogP contribution in [0.5, 0.6) is 0 Å². The van der Waals surface area contributed by atoms with E-state index in [9.17, 15) is 13.2 Å². The van der Waals surface area contributed by atoms with Crippen molar-refractivity contribution in [1.82, 2.24) is 0 Å². The second-order valence-corrected chi connectivity index (χ2v) is 1.90. The molecule has 0 aliphatic rings. The van der Waals surface area contributed by atoms with Crippen molar-refractivity contribution in [1.29, 1.82) is 0 Å². The molecule has 0 aliphatic carbocycles. The molecule has 0 rings (SSSR count). The number of hydrogen-bond donors (Lipinski definition) is 1. The lowest BCUT2D eigenvalue weighted by Crippen LogP contribution is -2.08. The molecule has 60 valence electrons. The van der Waals surface area contributed by atoms with Crippen LogP contribution in [0.3, 0.4) is 0 Å². The minimum Gasteiger partial charge on any atom is -0.396 e. The van der Waals surface area contributed by atoms with Crippen molar-refractivity contribution < 1.29 is 18.3 Å². The maximum Gasteiger partial charge on any atom is 0.412 e. The lowest BCUT2D eigenvalue weighted by molar-refractivity contribution is -0.0916. The van der Waals surface area contributed by atoms with Gasteiger partial charge in [0.1, 0.15) is 0 Å². The predicted octanol–water partition coefficient (Wildman–Crippen LogP) is 1.88. The average molecular weight is 154 g/mol. The van der Waals surface area contributed by atoms with Gasteiger partial charge in [0, 0.05) is 12.2 Å². The summed E-state index contributed by atoms with van der Waals surface area (Å²) >= 11 is 0. The van der Waals surface area contributed by atoms with Crippen molar-refractivity contribution in [2.45, 2.75) is 19.5 Å². The van der Waals surface area contributed by atoms with E-state index < -0.39 is 11.7 Å². The molecular weight excluding hydrogens is 145 g/mol. The summed E-state index contributed by atoms with van der Waals surface area (Å²) in [5.41, 5.74) is -0.651. The van der Waals surface area contributed by atoms with E-state index in [0.29, 0.717) is 0 Å². The molecule has 0 fully saturated rings. The van der Waals surface area contributed by atoms with Crippen LogP contribution < -0.4 is 0 Å². The van der Waals surface area contributed by atoms with Crippen LogP contribution in [0.25, 0.3) is 0 Å². The van der Waals surface area contributed by atoms with Gasteiger partial charge in [0.2, 0.25) is 0 Å². The van der Waals surface area contributed by atoms with E-state index >= 15 is 0 Å². The maximum atomic E-state index is 11.6. The standard InChI is InChI=1S/C6H9F3O/c1-5(3-2-4-10)6(7,8)9/h3,10H,2,4H2,1H3/b5-3-. The summed E-state index contributed by atoms with van der Waals surface area (Å²) < 4.78 is 34.9. The fourth-order valence-corrected chi connectivity index (χ4v) is 0.397. The smallest absolute Gasteiger partial charge is 0.396 e. The second kappa shape index (κ2) is 3.61. The van der Waals surface area contributed by atoms with Gasteiger partial charge in [-0.05, 0) is 13.3 Å². The molecule has 0 bridgehead atoms. The molecule has 0 radical (unpaired) electrons. The monoisotopic (exact) mass is 154 g/mol. The topological polar surface area (TPSA) is 20.2 Å². The zero-order chi connectivity index (χ0) is 8.20. The van der Waals surface area contributed by atoms with Crippen molar-refractivity contribution in [2.24, 2.45) is 0 Å². The Morgan fingerprint density at radius 1 is 1.50 bits per heavy atom. The summed E-state index contributed by atoms with van der Waals surface area (Å²) in [7, 11) is 0. The van der Waals surface area contributed by atoms with Crippen LogP contribution >= 0.6 is 0 Å². The Morgan fingerprint density at radius 2 is 2.00 bits per heavy atom. The van der Waals surface area contributed by atoms with Gasteiger partial charge in [0.15, 0.2) is 0 Å². The molecule has 0 aromatic heterocycles. The molecule has 10 heavy (non-hydrogen) atoms. The molecule has 0 amide bonds. The molecule has 0 saturated heterocycles. The van der Waals surface area contributed by atoms with Crippen LogP contribution in [-0.2, 0) is 0 Å². The maximum absolute atomic E-state index is 11.6. The van der Waals surface area contributed by atoms with Gasteiger partial charge in [-0.1, -0.05) is 6.08 Å². The molecule has 0 atom stereocenters. The first-order chi connectivity index (χ1) is 4.48. The molecule has 0 aromatic carbocycles. The van der Waals surface area contributed by atoms with E-state index in [1.54, 1.807) is 0 Å². The number of aliphatic hydroxyl groups excluding tert-OH is 1. The van der Waals surface area contributed by atoms with Crippen LogP contribution in [0, 0.1) is 0 Å². The van der Waals surface area contributed by atoms with E-state index in [4.69, 9.17) is 5.11 Å². The first kappa shape index (κ1) is 9.49. The van der Waals surface area contributed by atoms with Crippen LogP contribution in [0.15, 0.2) is 11.6 Å². The lowest BCUT2D eigenvalue weighted by atomic mass is 10.2. The molecule has 0 heterocycles. The quantitative estimate of drug-likeness (QED) is 0.602. The minimum absolute atomic E-state index is 0.0609. The second-order valence-electron chi connectivity index (χ2n) is 1.90. The molecule has 0 spiro atoms. The molecule has 0 saturated carbocycles. The lowest BCUT2D eigenvalue weighted by Gasteiger charge is -2.04. The number of rotatable bonds is 2.